The lowest BCUT2D eigenvalue weighted by molar-refractivity contribution is -0.137. The third-order valence-electron chi connectivity index (χ3n) is 7.76. The van der Waals surface area contributed by atoms with E-state index in [-0.39, 0.29) is 0 Å². The van der Waals surface area contributed by atoms with Crippen LogP contribution in [0.1, 0.15) is 213 Å². The van der Waals surface area contributed by atoms with E-state index in [0.29, 0.717) is 13.0 Å². The minimum atomic E-state index is -0.651. The second-order valence-corrected chi connectivity index (χ2v) is 11.8. The average Bonchev–Trinajstić information content (AvgIpc) is 2.91. The Balaban J connectivity index is 0. The van der Waals surface area contributed by atoms with Gasteiger partial charge in [-0.2, -0.15) is 0 Å². The molecule has 0 atom stereocenters. The Morgan fingerprint density at radius 3 is 0.789 bits per heavy atom. The fraction of sp³-hybridized carbons (Fsp3) is 0.971. The molecule has 38 heavy (non-hydrogen) atoms. The lowest BCUT2D eigenvalue weighted by Gasteiger charge is -2.03. The molecule has 0 radical (unpaired) electrons. The van der Waals surface area contributed by atoms with E-state index in [0.717, 1.165) is 19.3 Å². The predicted molar refractivity (Wildman–Crippen MR) is 169 cm³/mol. The summed E-state index contributed by atoms with van der Waals surface area (Å²) in [6.07, 6.45) is 40.9. The molecule has 2 N–H and O–H groups in total. The van der Waals surface area contributed by atoms with Crippen LogP contribution < -0.4 is 0 Å². The zero-order valence-electron chi connectivity index (χ0n) is 26.4. The first-order valence-corrected chi connectivity index (χ1v) is 17.5. The van der Waals surface area contributed by atoms with Crippen LogP contribution in [0.2, 0.25) is 0 Å². The summed E-state index contributed by atoms with van der Waals surface area (Å²) in [5, 5.41) is 17.1. The molecule has 0 fully saturated rings. The van der Waals surface area contributed by atoms with Crippen LogP contribution in [0, 0.1) is 0 Å². The number of aliphatic carboxylic acids is 1. The number of aliphatic hydroxyl groups excluding tert-OH is 1. The summed E-state index contributed by atoms with van der Waals surface area (Å²) in [5.74, 6) is -0.651. The van der Waals surface area contributed by atoms with E-state index in [1.807, 2.05) is 0 Å². The van der Waals surface area contributed by atoms with Crippen LogP contribution in [0.5, 0.6) is 0 Å². The highest BCUT2D eigenvalue weighted by molar-refractivity contribution is 5.66. The minimum Gasteiger partial charge on any atom is -0.481 e. The Kier molecular flexibility index (Phi) is 40.2. The molecule has 0 aliphatic carbocycles. The summed E-state index contributed by atoms with van der Waals surface area (Å²) >= 11 is 0. The van der Waals surface area contributed by atoms with Crippen molar-refractivity contribution in [2.75, 3.05) is 6.61 Å². The largest absolute Gasteiger partial charge is 0.481 e. The Morgan fingerprint density at radius 2 is 0.579 bits per heavy atom. The molecule has 0 aliphatic heterocycles. The van der Waals surface area contributed by atoms with Crippen LogP contribution in [-0.4, -0.2) is 22.8 Å². The Bertz CT molecular complexity index is 398. The Hall–Kier alpha value is -0.570. The molecule has 0 aromatic heterocycles. The van der Waals surface area contributed by atoms with Gasteiger partial charge in [0.05, 0.1) is 0 Å². The van der Waals surface area contributed by atoms with Crippen molar-refractivity contribution in [3.05, 3.63) is 0 Å². The molecular weight excluding hydrogens is 468 g/mol. The molecule has 0 heterocycles. The maximum atomic E-state index is 10.4. The van der Waals surface area contributed by atoms with E-state index < -0.39 is 5.97 Å². The van der Waals surface area contributed by atoms with Gasteiger partial charge >= 0.3 is 5.97 Å². The van der Waals surface area contributed by atoms with Gasteiger partial charge in [-0.1, -0.05) is 194 Å². The normalized spacial score (nSPS) is 10.9. The predicted octanol–water partition coefficient (Wildman–Crippen LogP) is 12.2. The SMILES string of the molecule is CCCCCCCCCCCCCCCCCCCCCC(=O)O.CCCCCCCCCCCCCO. The number of hydrogen-bond acceptors (Lipinski definition) is 2. The van der Waals surface area contributed by atoms with Crippen LogP contribution in [0.15, 0.2) is 0 Å². The molecule has 0 bridgehead atoms. The molecule has 0 spiro atoms. The maximum Gasteiger partial charge on any atom is 0.303 e. The number of hydrogen-bond donors (Lipinski definition) is 2. The zero-order chi connectivity index (χ0) is 28.2. The van der Waals surface area contributed by atoms with Crippen molar-refractivity contribution in [1.29, 1.82) is 0 Å². The first-order valence-electron chi connectivity index (χ1n) is 17.5. The molecule has 230 valence electrons. The molecule has 0 amide bonds. The fourth-order valence-corrected chi connectivity index (χ4v) is 5.13. The number of carboxylic acids is 1. The Morgan fingerprint density at radius 1 is 0.368 bits per heavy atom. The van der Waals surface area contributed by atoms with Gasteiger partial charge in [-0.15, -0.1) is 0 Å². The molecule has 0 aliphatic rings. The van der Waals surface area contributed by atoms with Gasteiger partial charge in [0, 0.05) is 13.0 Å². The summed E-state index contributed by atoms with van der Waals surface area (Å²) in [6.45, 7) is 4.92. The lowest BCUT2D eigenvalue weighted by atomic mass is 10.0. The van der Waals surface area contributed by atoms with Crippen molar-refractivity contribution >= 4 is 5.97 Å². The van der Waals surface area contributed by atoms with Crippen LogP contribution >= 0.6 is 0 Å². The number of carboxylic acid groups (broad SMARTS) is 1. The average molecular weight is 541 g/mol. The van der Waals surface area contributed by atoms with Gasteiger partial charge in [0.15, 0.2) is 0 Å². The molecule has 3 heteroatoms. The molecule has 0 aromatic rings. The van der Waals surface area contributed by atoms with Gasteiger partial charge in [-0.3, -0.25) is 4.79 Å². The minimum absolute atomic E-state index is 0.346. The van der Waals surface area contributed by atoms with Gasteiger partial charge < -0.3 is 10.2 Å². The summed E-state index contributed by atoms with van der Waals surface area (Å²) < 4.78 is 0. The van der Waals surface area contributed by atoms with Crippen molar-refractivity contribution in [1.82, 2.24) is 0 Å². The second-order valence-electron chi connectivity index (χ2n) is 11.8. The lowest BCUT2D eigenvalue weighted by Crippen LogP contribution is -1.93. The van der Waals surface area contributed by atoms with Gasteiger partial charge in [-0.05, 0) is 12.8 Å². The molecular formula is C35H72O3. The van der Waals surface area contributed by atoms with Crippen molar-refractivity contribution in [3.8, 4) is 0 Å². The standard InChI is InChI=1S/C22H44O2.C13H28O/c1-2-3-4-5-6-7-8-9-10-11-12-13-14-15-16-17-18-19-20-21-22(23)24;1-2-3-4-5-6-7-8-9-10-11-12-13-14/h2-21H2,1H3,(H,23,24);14H,2-13H2,1H3. The molecule has 0 unspecified atom stereocenters. The molecule has 0 saturated carbocycles. The summed E-state index contributed by atoms with van der Waals surface area (Å²) in [5.41, 5.74) is 0. The number of unbranched alkanes of at least 4 members (excludes halogenated alkanes) is 28. The summed E-state index contributed by atoms with van der Waals surface area (Å²) in [6, 6.07) is 0. The Labute approximate surface area is 240 Å². The van der Waals surface area contributed by atoms with E-state index in [2.05, 4.69) is 13.8 Å². The first-order chi connectivity index (χ1) is 18.7. The van der Waals surface area contributed by atoms with Gasteiger partial charge in [0.2, 0.25) is 0 Å². The van der Waals surface area contributed by atoms with Crippen LogP contribution in [0.3, 0.4) is 0 Å². The first kappa shape index (κ1) is 39.6. The van der Waals surface area contributed by atoms with Crippen molar-refractivity contribution < 1.29 is 15.0 Å². The monoisotopic (exact) mass is 541 g/mol. The maximum absolute atomic E-state index is 10.4. The van der Waals surface area contributed by atoms with Crippen molar-refractivity contribution in [2.45, 2.75) is 213 Å². The van der Waals surface area contributed by atoms with Crippen molar-refractivity contribution in [3.63, 3.8) is 0 Å². The van der Waals surface area contributed by atoms with Crippen LogP contribution in [-0.2, 0) is 4.79 Å². The highest BCUT2D eigenvalue weighted by Gasteiger charge is 1.97. The fourth-order valence-electron chi connectivity index (χ4n) is 5.13. The number of carbonyl (C=O) groups is 1. The van der Waals surface area contributed by atoms with E-state index >= 15 is 0 Å². The smallest absolute Gasteiger partial charge is 0.303 e. The topological polar surface area (TPSA) is 57.5 Å². The number of rotatable bonds is 31. The van der Waals surface area contributed by atoms with Crippen LogP contribution in [0.4, 0.5) is 0 Å². The third kappa shape index (κ3) is 42.5. The quantitative estimate of drug-likeness (QED) is 0.0859. The summed E-state index contributed by atoms with van der Waals surface area (Å²) in [7, 11) is 0. The van der Waals surface area contributed by atoms with Crippen LogP contribution in [0.25, 0.3) is 0 Å². The number of aliphatic hydroxyl groups is 1. The second kappa shape index (κ2) is 38.6. The van der Waals surface area contributed by atoms with E-state index in [1.165, 1.54) is 173 Å². The van der Waals surface area contributed by atoms with Gasteiger partial charge in [0.25, 0.3) is 0 Å². The highest BCUT2D eigenvalue weighted by Crippen LogP contribution is 2.15. The highest BCUT2D eigenvalue weighted by atomic mass is 16.4. The zero-order valence-corrected chi connectivity index (χ0v) is 26.4. The van der Waals surface area contributed by atoms with Gasteiger partial charge in [-0.25, -0.2) is 0 Å². The molecule has 0 aromatic carbocycles. The van der Waals surface area contributed by atoms with E-state index in [4.69, 9.17) is 10.2 Å². The molecule has 0 rings (SSSR count). The van der Waals surface area contributed by atoms with E-state index in [1.54, 1.807) is 0 Å². The van der Waals surface area contributed by atoms with E-state index in [9.17, 15) is 4.79 Å². The molecule has 3 nitrogen and oxygen atoms in total. The molecule has 0 saturated heterocycles. The van der Waals surface area contributed by atoms with Gasteiger partial charge in [0.1, 0.15) is 0 Å². The third-order valence-corrected chi connectivity index (χ3v) is 7.76. The summed E-state index contributed by atoms with van der Waals surface area (Å²) in [4.78, 5) is 10.4. The van der Waals surface area contributed by atoms with Crippen molar-refractivity contribution in [2.24, 2.45) is 0 Å².